The Morgan fingerprint density at radius 2 is 1.95 bits per heavy atom. The van der Waals surface area contributed by atoms with E-state index in [1.165, 1.54) is 25.3 Å². The molecule has 2 aromatic carbocycles. The Kier molecular flexibility index (Phi) is 4.45. The molecule has 0 aliphatic rings. The number of carbonyl (C=O) groups excluding carboxylic acids is 1. The third-order valence-corrected chi connectivity index (χ3v) is 3.03. The number of carboxylic acid groups (broad SMARTS) is 1. The number of rotatable bonds is 4. The molecule has 0 bridgehead atoms. The lowest BCUT2D eigenvalue weighted by Gasteiger charge is -2.10. The summed E-state index contributed by atoms with van der Waals surface area (Å²) in [4.78, 5) is 23.3. The van der Waals surface area contributed by atoms with Crippen LogP contribution in [0.1, 0.15) is 20.7 Å². The van der Waals surface area contributed by atoms with Gasteiger partial charge in [0, 0.05) is 10.6 Å². The van der Waals surface area contributed by atoms with Crippen molar-refractivity contribution in [2.24, 2.45) is 0 Å². The zero-order chi connectivity index (χ0) is 15.4. The fourth-order valence-corrected chi connectivity index (χ4v) is 1.95. The van der Waals surface area contributed by atoms with Gasteiger partial charge in [-0.1, -0.05) is 17.7 Å². The standard InChI is InChI=1S/C15H12ClNO4/c1-21-11-5-6-13(12(8-11)15(19)20)17-14(18)9-3-2-4-10(16)7-9/h2-8H,1H3,(H,17,18)(H,19,20). The lowest BCUT2D eigenvalue weighted by molar-refractivity contribution is 0.0697. The van der Waals surface area contributed by atoms with Gasteiger partial charge in [-0.2, -0.15) is 0 Å². The molecule has 0 unspecified atom stereocenters. The Bertz CT molecular complexity index is 700. The molecule has 21 heavy (non-hydrogen) atoms. The number of nitrogens with one attached hydrogen (secondary N) is 1. The van der Waals surface area contributed by atoms with Crippen molar-refractivity contribution in [1.82, 2.24) is 0 Å². The van der Waals surface area contributed by atoms with Gasteiger partial charge in [-0.05, 0) is 36.4 Å². The number of carbonyl (C=O) groups is 2. The normalized spacial score (nSPS) is 10.0. The molecule has 0 aromatic heterocycles. The van der Waals surface area contributed by atoms with Crippen LogP contribution >= 0.6 is 11.6 Å². The fraction of sp³-hybridized carbons (Fsp3) is 0.0667. The second-order valence-corrected chi connectivity index (χ2v) is 4.62. The summed E-state index contributed by atoms with van der Waals surface area (Å²) in [7, 11) is 1.44. The van der Waals surface area contributed by atoms with E-state index >= 15 is 0 Å². The van der Waals surface area contributed by atoms with Crippen LogP contribution < -0.4 is 10.1 Å². The summed E-state index contributed by atoms with van der Waals surface area (Å²) in [5.74, 6) is -1.20. The van der Waals surface area contributed by atoms with E-state index in [9.17, 15) is 14.7 Å². The third-order valence-electron chi connectivity index (χ3n) is 2.79. The van der Waals surface area contributed by atoms with Crippen molar-refractivity contribution in [3.05, 3.63) is 58.6 Å². The number of hydrogen-bond donors (Lipinski definition) is 2. The topological polar surface area (TPSA) is 75.6 Å². The van der Waals surface area contributed by atoms with E-state index in [2.05, 4.69) is 5.32 Å². The first-order valence-electron chi connectivity index (χ1n) is 5.99. The largest absolute Gasteiger partial charge is 0.497 e. The van der Waals surface area contributed by atoms with Gasteiger partial charge in [-0.25, -0.2) is 4.79 Å². The van der Waals surface area contributed by atoms with E-state index < -0.39 is 11.9 Å². The summed E-state index contributed by atoms with van der Waals surface area (Å²) in [6.45, 7) is 0. The summed E-state index contributed by atoms with van der Waals surface area (Å²) in [5, 5.41) is 12.2. The van der Waals surface area contributed by atoms with Crippen LogP contribution in [0.2, 0.25) is 5.02 Å². The molecule has 0 heterocycles. The molecule has 5 nitrogen and oxygen atoms in total. The number of carboxylic acids is 1. The van der Waals surface area contributed by atoms with Crippen LogP contribution in [0.25, 0.3) is 0 Å². The predicted molar refractivity (Wildman–Crippen MR) is 79.4 cm³/mol. The Balaban J connectivity index is 2.31. The molecule has 0 saturated carbocycles. The maximum atomic E-state index is 12.1. The molecule has 0 spiro atoms. The van der Waals surface area contributed by atoms with E-state index in [4.69, 9.17) is 16.3 Å². The number of methoxy groups -OCH3 is 1. The molecular weight excluding hydrogens is 294 g/mol. The summed E-state index contributed by atoms with van der Waals surface area (Å²) < 4.78 is 4.97. The molecule has 1 amide bonds. The molecule has 2 aromatic rings. The number of halogens is 1. The Hall–Kier alpha value is -2.53. The van der Waals surface area contributed by atoms with Crippen LogP contribution in [0.4, 0.5) is 5.69 Å². The van der Waals surface area contributed by atoms with E-state index in [1.54, 1.807) is 24.3 Å². The summed E-state index contributed by atoms with van der Waals surface area (Å²) >= 11 is 5.82. The van der Waals surface area contributed by atoms with E-state index in [0.717, 1.165) is 0 Å². The molecule has 0 radical (unpaired) electrons. The van der Waals surface area contributed by atoms with Gasteiger partial charge in [0.2, 0.25) is 0 Å². The SMILES string of the molecule is COc1ccc(NC(=O)c2cccc(Cl)c2)c(C(=O)O)c1. The van der Waals surface area contributed by atoms with Crippen molar-refractivity contribution in [3.8, 4) is 5.75 Å². The zero-order valence-electron chi connectivity index (χ0n) is 11.1. The van der Waals surface area contributed by atoms with Crippen molar-refractivity contribution in [2.45, 2.75) is 0 Å². The van der Waals surface area contributed by atoms with Gasteiger partial charge >= 0.3 is 5.97 Å². The number of amides is 1. The minimum absolute atomic E-state index is 0.0512. The Morgan fingerprint density at radius 1 is 1.19 bits per heavy atom. The lowest BCUT2D eigenvalue weighted by Crippen LogP contribution is -2.14. The van der Waals surface area contributed by atoms with Gasteiger partial charge in [-0.3, -0.25) is 4.79 Å². The van der Waals surface area contributed by atoms with Gasteiger partial charge in [0.15, 0.2) is 0 Å². The molecule has 0 saturated heterocycles. The van der Waals surface area contributed by atoms with Gasteiger partial charge in [0.25, 0.3) is 5.91 Å². The maximum Gasteiger partial charge on any atom is 0.337 e. The smallest absolute Gasteiger partial charge is 0.337 e. The molecule has 108 valence electrons. The van der Waals surface area contributed by atoms with Crippen LogP contribution in [0.15, 0.2) is 42.5 Å². The highest BCUT2D eigenvalue weighted by Crippen LogP contribution is 2.23. The van der Waals surface area contributed by atoms with Crippen LogP contribution in [0, 0.1) is 0 Å². The summed E-state index contributed by atoms with van der Waals surface area (Å²) in [6, 6.07) is 10.8. The van der Waals surface area contributed by atoms with Crippen molar-refractivity contribution in [2.75, 3.05) is 12.4 Å². The Morgan fingerprint density at radius 3 is 2.57 bits per heavy atom. The quantitative estimate of drug-likeness (QED) is 0.908. The van der Waals surface area contributed by atoms with Crippen LogP contribution in [-0.4, -0.2) is 24.1 Å². The Labute approximate surface area is 126 Å². The average molecular weight is 306 g/mol. The summed E-state index contributed by atoms with van der Waals surface area (Å²) in [6.07, 6.45) is 0. The molecular formula is C15H12ClNO4. The molecule has 0 aliphatic heterocycles. The third kappa shape index (κ3) is 3.52. The molecule has 6 heteroatoms. The van der Waals surface area contributed by atoms with Crippen molar-refractivity contribution < 1.29 is 19.4 Å². The highest BCUT2D eigenvalue weighted by molar-refractivity contribution is 6.31. The minimum Gasteiger partial charge on any atom is -0.497 e. The first-order chi connectivity index (χ1) is 10.0. The van der Waals surface area contributed by atoms with Crippen LogP contribution in [0.5, 0.6) is 5.75 Å². The van der Waals surface area contributed by atoms with Gasteiger partial charge in [0.05, 0.1) is 18.4 Å². The highest BCUT2D eigenvalue weighted by Gasteiger charge is 2.15. The lowest BCUT2D eigenvalue weighted by atomic mass is 10.1. The summed E-state index contributed by atoms with van der Waals surface area (Å²) in [5.41, 5.74) is 0.479. The van der Waals surface area contributed by atoms with Gasteiger partial charge in [-0.15, -0.1) is 0 Å². The monoisotopic (exact) mass is 305 g/mol. The number of anilines is 1. The molecule has 2 N–H and O–H groups in total. The van der Waals surface area contributed by atoms with Crippen LogP contribution in [0.3, 0.4) is 0 Å². The second-order valence-electron chi connectivity index (χ2n) is 4.18. The minimum atomic E-state index is -1.16. The van der Waals surface area contributed by atoms with Crippen LogP contribution in [-0.2, 0) is 0 Å². The second kappa shape index (κ2) is 6.28. The average Bonchev–Trinajstić information content (AvgIpc) is 2.47. The van der Waals surface area contributed by atoms with Gasteiger partial charge < -0.3 is 15.2 Å². The molecule has 0 aliphatic carbocycles. The van der Waals surface area contributed by atoms with E-state index in [0.29, 0.717) is 16.3 Å². The van der Waals surface area contributed by atoms with Gasteiger partial charge in [0.1, 0.15) is 5.75 Å². The zero-order valence-corrected chi connectivity index (χ0v) is 11.8. The van der Waals surface area contributed by atoms with Crippen molar-refractivity contribution in [1.29, 1.82) is 0 Å². The first kappa shape index (κ1) is 14.9. The number of benzene rings is 2. The van der Waals surface area contributed by atoms with Crippen molar-refractivity contribution in [3.63, 3.8) is 0 Å². The molecule has 0 fully saturated rings. The number of aromatic carboxylic acids is 1. The first-order valence-corrected chi connectivity index (χ1v) is 6.37. The predicted octanol–water partition coefficient (Wildman–Crippen LogP) is 3.30. The number of hydrogen-bond acceptors (Lipinski definition) is 3. The maximum absolute atomic E-state index is 12.1. The van der Waals surface area contributed by atoms with E-state index in [1.807, 2.05) is 0 Å². The van der Waals surface area contributed by atoms with E-state index in [-0.39, 0.29) is 11.3 Å². The molecule has 0 atom stereocenters. The van der Waals surface area contributed by atoms with Crippen molar-refractivity contribution >= 4 is 29.2 Å². The number of ether oxygens (including phenoxy) is 1. The highest BCUT2D eigenvalue weighted by atomic mass is 35.5. The molecule has 2 rings (SSSR count). The fourth-order valence-electron chi connectivity index (χ4n) is 1.76.